The predicted octanol–water partition coefficient (Wildman–Crippen LogP) is 3.08. The minimum atomic E-state index is -3.58. The molecule has 1 aliphatic heterocycles. The SMILES string of the molecule is O=S(=O)(NCCN1CCN(c2ccccc2F)CC1)c1cccc2ccccc12. The molecule has 7 heteroatoms. The Balaban J connectivity index is 1.33. The zero-order valence-corrected chi connectivity index (χ0v) is 16.9. The van der Waals surface area contributed by atoms with Gasteiger partial charge in [-0.25, -0.2) is 17.5 Å². The number of halogens is 1. The molecule has 1 N–H and O–H groups in total. The van der Waals surface area contributed by atoms with Crippen molar-refractivity contribution in [3.63, 3.8) is 0 Å². The minimum absolute atomic E-state index is 0.205. The molecule has 0 amide bonds. The Bertz CT molecular complexity index is 1090. The van der Waals surface area contributed by atoms with E-state index in [0.717, 1.165) is 37.0 Å². The first-order chi connectivity index (χ1) is 14.0. The standard InChI is InChI=1S/C22H24FN3O2S/c23-20-9-3-4-10-21(20)26-16-14-25(15-17-26)13-12-24-29(27,28)22-11-5-7-18-6-1-2-8-19(18)22/h1-11,24H,12-17H2. The quantitative estimate of drug-likeness (QED) is 0.675. The van der Waals surface area contributed by atoms with Crippen molar-refractivity contribution in [1.82, 2.24) is 9.62 Å². The molecular formula is C22H24FN3O2S. The van der Waals surface area contributed by atoms with Crippen LogP contribution < -0.4 is 9.62 Å². The summed E-state index contributed by atoms with van der Waals surface area (Å²) < 4.78 is 42.2. The zero-order valence-electron chi connectivity index (χ0n) is 16.1. The molecule has 152 valence electrons. The van der Waals surface area contributed by atoms with Crippen LogP contribution in [0.25, 0.3) is 10.8 Å². The van der Waals surface area contributed by atoms with Gasteiger partial charge in [0.1, 0.15) is 5.82 Å². The summed E-state index contributed by atoms with van der Waals surface area (Å²) in [5, 5.41) is 1.63. The molecule has 0 bridgehead atoms. The molecule has 3 aromatic rings. The Labute approximate surface area is 170 Å². The number of rotatable bonds is 6. The molecule has 0 radical (unpaired) electrons. The van der Waals surface area contributed by atoms with Crippen LogP contribution >= 0.6 is 0 Å². The zero-order chi connectivity index (χ0) is 20.3. The third-order valence-corrected chi connectivity index (χ3v) is 6.84. The van der Waals surface area contributed by atoms with E-state index in [2.05, 4.69) is 9.62 Å². The van der Waals surface area contributed by atoms with Crippen molar-refractivity contribution in [2.24, 2.45) is 0 Å². The van der Waals surface area contributed by atoms with Crippen LogP contribution in [0.15, 0.2) is 71.6 Å². The third kappa shape index (κ3) is 4.42. The van der Waals surface area contributed by atoms with Gasteiger partial charge in [0.15, 0.2) is 0 Å². The molecule has 0 aliphatic carbocycles. The summed E-state index contributed by atoms with van der Waals surface area (Å²) in [6.07, 6.45) is 0. The van der Waals surface area contributed by atoms with E-state index in [1.807, 2.05) is 41.3 Å². The molecule has 1 saturated heterocycles. The highest BCUT2D eigenvalue weighted by atomic mass is 32.2. The van der Waals surface area contributed by atoms with Crippen LogP contribution in [0.1, 0.15) is 0 Å². The maximum absolute atomic E-state index is 13.9. The lowest BCUT2D eigenvalue weighted by Gasteiger charge is -2.36. The summed E-state index contributed by atoms with van der Waals surface area (Å²) in [5.74, 6) is -0.205. The summed E-state index contributed by atoms with van der Waals surface area (Å²) in [5.41, 5.74) is 0.629. The average molecular weight is 414 g/mol. The fourth-order valence-electron chi connectivity index (χ4n) is 3.77. The van der Waals surface area contributed by atoms with Crippen molar-refractivity contribution in [1.29, 1.82) is 0 Å². The molecule has 1 fully saturated rings. The summed E-state index contributed by atoms with van der Waals surface area (Å²) in [7, 11) is -3.58. The van der Waals surface area contributed by atoms with E-state index in [0.29, 0.717) is 23.7 Å². The van der Waals surface area contributed by atoms with Gasteiger partial charge >= 0.3 is 0 Å². The number of sulfonamides is 1. The van der Waals surface area contributed by atoms with Gasteiger partial charge in [-0.1, -0.05) is 48.5 Å². The second-order valence-electron chi connectivity index (χ2n) is 7.16. The largest absolute Gasteiger partial charge is 0.367 e. The number of anilines is 1. The van der Waals surface area contributed by atoms with E-state index < -0.39 is 10.0 Å². The molecule has 0 atom stereocenters. The first-order valence-corrected chi connectivity index (χ1v) is 11.2. The Morgan fingerprint density at radius 1 is 0.862 bits per heavy atom. The molecule has 1 heterocycles. The molecule has 0 saturated carbocycles. The molecule has 4 rings (SSSR count). The molecule has 3 aromatic carbocycles. The number of para-hydroxylation sites is 1. The van der Waals surface area contributed by atoms with Crippen molar-refractivity contribution in [2.45, 2.75) is 4.90 Å². The highest BCUT2D eigenvalue weighted by Crippen LogP contribution is 2.23. The van der Waals surface area contributed by atoms with Gasteiger partial charge in [0.25, 0.3) is 0 Å². The molecule has 0 unspecified atom stereocenters. The fourth-order valence-corrected chi connectivity index (χ4v) is 5.02. The predicted molar refractivity (Wildman–Crippen MR) is 114 cm³/mol. The summed E-state index contributed by atoms with van der Waals surface area (Å²) in [6, 6.07) is 19.6. The number of fused-ring (bicyclic) bond motifs is 1. The van der Waals surface area contributed by atoms with E-state index in [4.69, 9.17) is 0 Å². The average Bonchev–Trinajstić information content (AvgIpc) is 2.74. The molecule has 1 aliphatic rings. The van der Waals surface area contributed by atoms with Gasteiger partial charge in [-0.3, -0.25) is 4.90 Å². The van der Waals surface area contributed by atoms with Gasteiger partial charge in [-0.15, -0.1) is 0 Å². The maximum atomic E-state index is 13.9. The monoisotopic (exact) mass is 413 g/mol. The van der Waals surface area contributed by atoms with Crippen LogP contribution in [-0.4, -0.2) is 52.6 Å². The lowest BCUT2D eigenvalue weighted by molar-refractivity contribution is 0.261. The normalized spacial score (nSPS) is 15.7. The molecular weight excluding hydrogens is 389 g/mol. The van der Waals surface area contributed by atoms with Gasteiger partial charge in [0, 0.05) is 44.7 Å². The number of nitrogens with zero attached hydrogens (tertiary/aromatic N) is 2. The highest BCUT2D eigenvalue weighted by Gasteiger charge is 2.21. The van der Waals surface area contributed by atoms with Crippen LogP contribution in [0.5, 0.6) is 0 Å². The van der Waals surface area contributed by atoms with Crippen LogP contribution in [0.3, 0.4) is 0 Å². The Kier molecular flexibility index (Phi) is 5.80. The van der Waals surface area contributed by atoms with Gasteiger partial charge in [-0.2, -0.15) is 0 Å². The van der Waals surface area contributed by atoms with Gasteiger partial charge in [-0.05, 0) is 23.6 Å². The molecule has 5 nitrogen and oxygen atoms in total. The number of benzene rings is 3. The topological polar surface area (TPSA) is 52.7 Å². The minimum Gasteiger partial charge on any atom is -0.367 e. The van der Waals surface area contributed by atoms with Crippen molar-refractivity contribution < 1.29 is 12.8 Å². The summed E-state index contributed by atoms with van der Waals surface area (Å²) in [4.78, 5) is 4.54. The molecule has 0 spiro atoms. The molecule has 29 heavy (non-hydrogen) atoms. The molecule has 0 aromatic heterocycles. The number of hydrogen-bond acceptors (Lipinski definition) is 4. The Morgan fingerprint density at radius 3 is 2.34 bits per heavy atom. The van der Waals surface area contributed by atoms with E-state index >= 15 is 0 Å². The second kappa shape index (κ2) is 8.49. The van der Waals surface area contributed by atoms with Crippen molar-refractivity contribution in [3.05, 3.63) is 72.5 Å². The smallest absolute Gasteiger partial charge is 0.241 e. The first-order valence-electron chi connectivity index (χ1n) is 9.74. The Hall–Kier alpha value is -2.48. The van der Waals surface area contributed by atoms with E-state index in [9.17, 15) is 12.8 Å². The van der Waals surface area contributed by atoms with Crippen LogP contribution in [0.2, 0.25) is 0 Å². The first kappa shape index (κ1) is 19.8. The van der Waals surface area contributed by atoms with Crippen LogP contribution in [-0.2, 0) is 10.0 Å². The second-order valence-corrected chi connectivity index (χ2v) is 8.89. The van der Waals surface area contributed by atoms with Crippen molar-refractivity contribution in [3.8, 4) is 0 Å². The lowest BCUT2D eigenvalue weighted by Crippen LogP contribution is -2.48. The van der Waals surface area contributed by atoms with E-state index in [1.54, 1.807) is 24.3 Å². The number of piperazine rings is 1. The lowest BCUT2D eigenvalue weighted by atomic mass is 10.1. The summed E-state index contributed by atoms with van der Waals surface area (Å²) in [6.45, 7) is 3.93. The van der Waals surface area contributed by atoms with Crippen molar-refractivity contribution >= 4 is 26.5 Å². The van der Waals surface area contributed by atoms with Crippen molar-refractivity contribution in [2.75, 3.05) is 44.2 Å². The summed E-state index contributed by atoms with van der Waals surface area (Å²) >= 11 is 0. The third-order valence-electron chi connectivity index (χ3n) is 5.32. The van der Waals surface area contributed by atoms with Gasteiger partial charge < -0.3 is 4.90 Å². The Morgan fingerprint density at radius 2 is 1.55 bits per heavy atom. The maximum Gasteiger partial charge on any atom is 0.241 e. The van der Waals surface area contributed by atoms with Gasteiger partial charge in [0.2, 0.25) is 10.0 Å². The van der Waals surface area contributed by atoms with E-state index in [-0.39, 0.29) is 5.82 Å². The van der Waals surface area contributed by atoms with Crippen LogP contribution in [0, 0.1) is 5.82 Å². The fraction of sp³-hybridized carbons (Fsp3) is 0.273. The highest BCUT2D eigenvalue weighted by molar-refractivity contribution is 7.89. The van der Waals surface area contributed by atoms with Crippen LogP contribution in [0.4, 0.5) is 10.1 Å². The van der Waals surface area contributed by atoms with Gasteiger partial charge in [0.05, 0.1) is 10.6 Å². The number of hydrogen-bond donors (Lipinski definition) is 1. The number of nitrogens with one attached hydrogen (secondary N) is 1. The van der Waals surface area contributed by atoms with E-state index in [1.165, 1.54) is 6.07 Å².